The summed E-state index contributed by atoms with van der Waals surface area (Å²) in [7, 11) is 0. The number of aliphatic hydroxyl groups excluding tert-OH is 1. The van der Waals surface area contributed by atoms with Gasteiger partial charge < -0.3 is 10.4 Å². The van der Waals surface area contributed by atoms with Gasteiger partial charge in [-0.15, -0.1) is 0 Å². The number of hydrogen-bond acceptors (Lipinski definition) is 4. The molecule has 1 amide bonds. The monoisotopic (exact) mass is 346 g/mol. The third-order valence-electron chi connectivity index (χ3n) is 4.37. The first-order valence-electron chi connectivity index (χ1n) is 8.38. The number of amides is 1. The number of rotatable bonds is 4. The standard InChI is InChI=1S/C20H18N4O2/c1-13-8-9-24-19(23-13)17(11-22-24)20(26)21-12-18(25)16-7-6-14-4-2-3-5-15(14)10-16/h2-11,18,25H,12H2,1H3,(H,21,26)/t18-/m0/s1. The predicted octanol–water partition coefficient (Wildman–Crippen LogP) is 2.65. The van der Waals surface area contributed by atoms with E-state index in [1.807, 2.05) is 55.5 Å². The van der Waals surface area contributed by atoms with Gasteiger partial charge >= 0.3 is 0 Å². The van der Waals surface area contributed by atoms with E-state index >= 15 is 0 Å². The second-order valence-corrected chi connectivity index (χ2v) is 6.23. The van der Waals surface area contributed by atoms with Gasteiger partial charge in [-0.25, -0.2) is 9.50 Å². The number of aliphatic hydroxyl groups is 1. The zero-order valence-electron chi connectivity index (χ0n) is 14.3. The minimum absolute atomic E-state index is 0.111. The number of hydrogen-bond donors (Lipinski definition) is 2. The fourth-order valence-electron chi connectivity index (χ4n) is 2.94. The summed E-state index contributed by atoms with van der Waals surface area (Å²) in [5.41, 5.74) is 2.46. The van der Waals surface area contributed by atoms with Gasteiger partial charge in [0.2, 0.25) is 0 Å². The van der Waals surface area contributed by atoms with E-state index in [-0.39, 0.29) is 12.5 Å². The van der Waals surface area contributed by atoms with Crippen molar-refractivity contribution in [3.8, 4) is 0 Å². The molecule has 0 aliphatic carbocycles. The van der Waals surface area contributed by atoms with Crippen LogP contribution in [-0.4, -0.2) is 32.2 Å². The van der Waals surface area contributed by atoms with Crippen molar-refractivity contribution in [3.63, 3.8) is 0 Å². The number of carbonyl (C=O) groups is 1. The molecule has 2 heterocycles. The number of nitrogens with one attached hydrogen (secondary N) is 1. The van der Waals surface area contributed by atoms with Gasteiger partial charge in [0.05, 0.1) is 12.3 Å². The Labute approximate surface area is 150 Å². The number of carbonyl (C=O) groups excluding carboxylic acids is 1. The maximum Gasteiger partial charge on any atom is 0.256 e. The summed E-state index contributed by atoms with van der Waals surface area (Å²) in [6.45, 7) is 1.97. The smallest absolute Gasteiger partial charge is 0.256 e. The average Bonchev–Trinajstić information content (AvgIpc) is 3.08. The van der Waals surface area contributed by atoms with E-state index in [4.69, 9.17) is 0 Å². The van der Waals surface area contributed by atoms with Crippen LogP contribution in [0, 0.1) is 6.92 Å². The summed E-state index contributed by atoms with van der Waals surface area (Å²) in [5.74, 6) is -0.307. The molecule has 2 aromatic carbocycles. The van der Waals surface area contributed by atoms with E-state index in [0.717, 1.165) is 22.0 Å². The minimum Gasteiger partial charge on any atom is -0.387 e. The third-order valence-corrected chi connectivity index (χ3v) is 4.37. The number of aromatic nitrogens is 3. The predicted molar refractivity (Wildman–Crippen MR) is 99.0 cm³/mol. The fourth-order valence-corrected chi connectivity index (χ4v) is 2.94. The molecule has 4 aromatic rings. The highest BCUT2D eigenvalue weighted by atomic mass is 16.3. The highest BCUT2D eigenvalue weighted by Gasteiger charge is 2.16. The van der Waals surface area contributed by atoms with Crippen LogP contribution in [0.1, 0.15) is 27.7 Å². The molecule has 6 nitrogen and oxygen atoms in total. The van der Waals surface area contributed by atoms with E-state index in [9.17, 15) is 9.90 Å². The van der Waals surface area contributed by atoms with Gasteiger partial charge in [-0.1, -0.05) is 36.4 Å². The Bertz CT molecular complexity index is 1100. The van der Waals surface area contributed by atoms with Gasteiger partial charge in [-0.3, -0.25) is 4.79 Å². The van der Waals surface area contributed by atoms with Gasteiger partial charge in [-0.2, -0.15) is 5.10 Å². The topological polar surface area (TPSA) is 79.5 Å². The molecule has 130 valence electrons. The van der Waals surface area contributed by atoms with Crippen molar-refractivity contribution < 1.29 is 9.90 Å². The quantitative estimate of drug-likeness (QED) is 0.595. The number of aryl methyl sites for hydroxylation is 1. The second-order valence-electron chi connectivity index (χ2n) is 6.23. The molecule has 0 saturated carbocycles. The molecule has 0 bridgehead atoms. The summed E-state index contributed by atoms with van der Waals surface area (Å²) < 4.78 is 1.56. The zero-order chi connectivity index (χ0) is 18.1. The Morgan fingerprint density at radius 1 is 1.19 bits per heavy atom. The first-order chi connectivity index (χ1) is 12.6. The van der Waals surface area contributed by atoms with Crippen LogP contribution < -0.4 is 5.32 Å². The van der Waals surface area contributed by atoms with Crippen molar-refractivity contribution in [2.75, 3.05) is 6.54 Å². The molecule has 0 fully saturated rings. The summed E-state index contributed by atoms with van der Waals surface area (Å²) in [6, 6.07) is 15.6. The van der Waals surface area contributed by atoms with Crippen LogP contribution in [0.25, 0.3) is 16.4 Å². The molecule has 0 aliphatic heterocycles. The van der Waals surface area contributed by atoms with Gasteiger partial charge in [0.15, 0.2) is 5.65 Å². The lowest BCUT2D eigenvalue weighted by Gasteiger charge is -2.13. The van der Waals surface area contributed by atoms with Gasteiger partial charge in [0, 0.05) is 18.4 Å². The lowest BCUT2D eigenvalue weighted by atomic mass is 10.0. The van der Waals surface area contributed by atoms with Crippen LogP contribution in [0.2, 0.25) is 0 Å². The van der Waals surface area contributed by atoms with E-state index in [1.54, 1.807) is 10.7 Å². The van der Waals surface area contributed by atoms with Crippen molar-refractivity contribution in [2.24, 2.45) is 0 Å². The summed E-state index contributed by atoms with van der Waals surface area (Å²) in [5, 5.41) is 19.5. The molecule has 6 heteroatoms. The molecule has 0 unspecified atom stereocenters. The van der Waals surface area contributed by atoms with Crippen molar-refractivity contribution in [3.05, 3.63) is 77.7 Å². The molecular formula is C20H18N4O2. The summed E-state index contributed by atoms with van der Waals surface area (Å²) in [6.07, 6.45) is 2.46. The van der Waals surface area contributed by atoms with Crippen LogP contribution >= 0.6 is 0 Å². The SMILES string of the molecule is Cc1ccn2ncc(C(=O)NC[C@H](O)c3ccc4ccccc4c3)c2n1. The Morgan fingerprint density at radius 3 is 2.85 bits per heavy atom. The fraction of sp³-hybridized carbons (Fsp3) is 0.150. The number of nitrogens with zero attached hydrogens (tertiary/aromatic N) is 3. The summed E-state index contributed by atoms with van der Waals surface area (Å²) >= 11 is 0. The minimum atomic E-state index is -0.792. The molecule has 4 rings (SSSR count). The maximum atomic E-state index is 12.5. The molecule has 0 aliphatic rings. The van der Waals surface area contributed by atoms with Crippen LogP contribution in [-0.2, 0) is 0 Å². The lowest BCUT2D eigenvalue weighted by molar-refractivity contribution is 0.0918. The van der Waals surface area contributed by atoms with Crippen LogP contribution in [0.5, 0.6) is 0 Å². The van der Waals surface area contributed by atoms with Gasteiger partial charge in [0.25, 0.3) is 5.91 Å². The molecule has 2 aromatic heterocycles. The highest BCUT2D eigenvalue weighted by molar-refractivity contribution is 5.99. The normalized spacial score (nSPS) is 12.4. The molecule has 1 atom stereocenters. The number of fused-ring (bicyclic) bond motifs is 2. The summed E-state index contributed by atoms with van der Waals surface area (Å²) in [4.78, 5) is 16.8. The Hall–Kier alpha value is -3.25. The Balaban J connectivity index is 1.50. The van der Waals surface area contributed by atoms with Crippen LogP contribution in [0.4, 0.5) is 0 Å². The molecule has 0 saturated heterocycles. The van der Waals surface area contributed by atoms with Crippen LogP contribution in [0.3, 0.4) is 0 Å². The second kappa shape index (κ2) is 6.57. The van der Waals surface area contributed by atoms with Gasteiger partial charge in [-0.05, 0) is 35.4 Å². The largest absolute Gasteiger partial charge is 0.387 e. The van der Waals surface area contributed by atoms with Crippen LogP contribution in [0.15, 0.2) is 60.9 Å². The van der Waals surface area contributed by atoms with E-state index in [2.05, 4.69) is 15.4 Å². The zero-order valence-corrected chi connectivity index (χ0v) is 14.3. The highest BCUT2D eigenvalue weighted by Crippen LogP contribution is 2.20. The van der Waals surface area contributed by atoms with Gasteiger partial charge in [0.1, 0.15) is 5.56 Å². The average molecular weight is 346 g/mol. The van der Waals surface area contributed by atoms with Crippen molar-refractivity contribution >= 4 is 22.3 Å². The van der Waals surface area contributed by atoms with E-state index < -0.39 is 6.10 Å². The molecule has 2 N–H and O–H groups in total. The molecule has 0 radical (unpaired) electrons. The third kappa shape index (κ3) is 3.02. The first kappa shape index (κ1) is 16.2. The van der Waals surface area contributed by atoms with Crippen molar-refractivity contribution in [1.29, 1.82) is 0 Å². The maximum absolute atomic E-state index is 12.5. The Kier molecular flexibility index (Phi) is 4.10. The Morgan fingerprint density at radius 2 is 2.00 bits per heavy atom. The number of benzene rings is 2. The van der Waals surface area contributed by atoms with Crippen molar-refractivity contribution in [1.82, 2.24) is 19.9 Å². The molecule has 26 heavy (non-hydrogen) atoms. The van der Waals surface area contributed by atoms with Crippen molar-refractivity contribution in [2.45, 2.75) is 13.0 Å². The molecule has 0 spiro atoms. The molecular weight excluding hydrogens is 328 g/mol. The first-order valence-corrected chi connectivity index (χ1v) is 8.38. The van der Waals surface area contributed by atoms with E-state index in [1.165, 1.54) is 6.20 Å². The van der Waals surface area contributed by atoms with E-state index in [0.29, 0.717) is 11.2 Å². The lowest BCUT2D eigenvalue weighted by Crippen LogP contribution is -2.28.